The van der Waals surface area contributed by atoms with Crippen molar-refractivity contribution in [1.29, 1.82) is 0 Å². The molecule has 0 spiro atoms. The second-order valence-corrected chi connectivity index (χ2v) is 10.5. The highest BCUT2D eigenvalue weighted by atomic mass is 16.2. The lowest BCUT2D eigenvalue weighted by Gasteiger charge is -2.44. The Bertz CT molecular complexity index is 1170. The van der Waals surface area contributed by atoms with E-state index in [1.165, 1.54) is 6.08 Å². The zero-order chi connectivity index (χ0) is 26.3. The molecule has 5 rings (SSSR count). The van der Waals surface area contributed by atoms with Gasteiger partial charge in [-0.3, -0.25) is 14.6 Å². The second kappa shape index (κ2) is 10.1. The fourth-order valence-electron chi connectivity index (χ4n) is 5.52. The highest BCUT2D eigenvalue weighted by Gasteiger charge is 2.43. The molecular weight excluding hydrogens is 472 g/mol. The molecule has 4 atom stereocenters. The number of piperazine rings is 1. The summed E-state index contributed by atoms with van der Waals surface area (Å²) in [5.74, 6) is 1.85. The monoisotopic (exact) mass is 508 g/mol. The van der Waals surface area contributed by atoms with E-state index in [2.05, 4.69) is 60.5 Å². The molecule has 3 amide bonds. The Morgan fingerprint density at radius 1 is 1.24 bits per heavy atom. The molecule has 2 saturated heterocycles. The van der Waals surface area contributed by atoms with E-state index in [1.54, 1.807) is 11.8 Å². The number of imidazole rings is 1. The van der Waals surface area contributed by atoms with Crippen molar-refractivity contribution >= 4 is 23.8 Å². The largest absolute Gasteiger partial charge is 0.346 e. The fourth-order valence-corrected chi connectivity index (χ4v) is 5.52. The molecule has 4 heterocycles. The molecule has 1 saturated carbocycles. The van der Waals surface area contributed by atoms with Crippen LogP contribution in [-0.4, -0.2) is 84.0 Å². The maximum absolute atomic E-state index is 12.5. The number of aryl methyl sites for hydroxylation is 1. The number of nitrogens with zero attached hydrogens (tertiary/aromatic N) is 8. The Hall–Kier alpha value is -3.54. The Morgan fingerprint density at radius 3 is 2.65 bits per heavy atom. The van der Waals surface area contributed by atoms with Gasteiger partial charge in [-0.1, -0.05) is 6.58 Å². The van der Waals surface area contributed by atoms with E-state index in [4.69, 9.17) is 0 Å². The molecule has 0 aromatic carbocycles. The Balaban J connectivity index is 1.23. The summed E-state index contributed by atoms with van der Waals surface area (Å²) in [6.07, 6.45) is 7.49. The molecule has 2 aromatic heterocycles. The van der Waals surface area contributed by atoms with Gasteiger partial charge in [-0.2, -0.15) is 15.0 Å². The molecule has 1 aliphatic carbocycles. The number of anilines is 2. The Morgan fingerprint density at radius 2 is 1.97 bits per heavy atom. The number of hydrogen-bond donors (Lipinski definition) is 2. The summed E-state index contributed by atoms with van der Waals surface area (Å²) >= 11 is 0. The third-order valence-corrected chi connectivity index (χ3v) is 7.36. The predicted molar refractivity (Wildman–Crippen MR) is 139 cm³/mol. The van der Waals surface area contributed by atoms with Crippen LogP contribution in [0, 0.1) is 12.8 Å². The number of urea groups is 1. The zero-order valence-corrected chi connectivity index (χ0v) is 22.0. The van der Waals surface area contributed by atoms with Crippen LogP contribution in [-0.2, 0) is 11.5 Å². The van der Waals surface area contributed by atoms with Crippen molar-refractivity contribution in [3.8, 4) is 0 Å². The molecule has 3 fully saturated rings. The lowest BCUT2D eigenvalue weighted by atomic mass is 10.1. The van der Waals surface area contributed by atoms with Gasteiger partial charge in [0.25, 0.3) is 0 Å². The lowest BCUT2D eigenvalue weighted by molar-refractivity contribution is -0.134. The minimum absolute atomic E-state index is 0.0189. The summed E-state index contributed by atoms with van der Waals surface area (Å²) in [7, 11) is 0. The number of nitrogens with one attached hydrogen (secondary N) is 2. The highest BCUT2D eigenvalue weighted by Crippen LogP contribution is 2.38. The highest BCUT2D eigenvalue weighted by molar-refractivity contribution is 5.93. The molecule has 12 nitrogen and oxygen atoms in total. The average molecular weight is 509 g/mol. The Labute approximate surface area is 217 Å². The zero-order valence-electron chi connectivity index (χ0n) is 22.0. The Kier molecular flexibility index (Phi) is 6.84. The minimum atomic E-state index is -0.154. The molecule has 2 N–H and O–H groups in total. The molecule has 2 aliphatic heterocycles. The van der Waals surface area contributed by atoms with Gasteiger partial charge in [-0.25, -0.2) is 9.78 Å². The van der Waals surface area contributed by atoms with E-state index < -0.39 is 0 Å². The molecule has 0 bridgehead atoms. The number of rotatable bonds is 8. The van der Waals surface area contributed by atoms with Crippen LogP contribution in [0.3, 0.4) is 0 Å². The molecule has 37 heavy (non-hydrogen) atoms. The third-order valence-electron chi connectivity index (χ3n) is 7.36. The van der Waals surface area contributed by atoms with Crippen LogP contribution in [0.25, 0.3) is 0 Å². The van der Waals surface area contributed by atoms with Crippen LogP contribution in [0.1, 0.15) is 51.2 Å². The van der Waals surface area contributed by atoms with Crippen LogP contribution in [0.5, 0.6) is 0 Å². The van der Waals surface area contributed by atoms with E-state index in [-0.39, 0.29) is 36.1 Å². The average Bonchev–Trinajstić information content (AvgIpc) is 3.45. The fraction of sp³-hybridized carbons (Fsp3) is 0.600. The van der Waals surface area contributed by atoms with Gasteiger partial charge in [0.05, 0.1) is 30.8 Å². The number of aromatic nitrogens is 5. The predicted octanol–water partition coefficient (Wildman–Crippen LogP) is 1.92. The summed E-state index contributed by atoms with van der Waals surface area (Å²) < 4.78 is 2.05. The molecule has 12 heteroatoms. The van der Waals surface area contributed by atoms with Gasteiger partial charge < -0.3 is 20.1 Å². The maximum atomic E-state index is 12.5. The van der Waals surface area contributed by atoms with Crippen molar-refractivity contribution in [3.63, 3.8) is 0 Å². The first-order valence-corrected chi connectivity index (χ1v) is 13.0. The van der Waals surface area contributed by atoms with Crippen molar-refractivity contribution < 1.29 is 9.59 Å². The molecular formula is C25H36N10O2. The number of amides is 3. The van der Waals surface area contributed by atoms with E-state index in [1.807, 2.05) is 24.3 Å². The first-order valence-electron chi connectivity index (χ1n) is 13.0. The van der Waals surface area contributed by atoms with Gasteiger partial charge in [0.15, 0.2) is 0 Å². The molecule has 2 aromatic rings. The minimum Gasteiger partial charge on any atom is -0.346 e. The van der Waals surface area contributed by atoms with E-state index in [9.17, 15) is 9.59 Å². The molecule has 0 radical (unpaired) electrons. The first-order chi connectivity index (χ1) is 17.7. The topological polar surface area (TPSA) is 124 Å². The normalized spacial score (nSPS) is 25.2. The van der Waals surface area contributed by atoms with Gasteiger partial charge in [0, 0.05) is 37.9 Å². The standard InChI is InChI=1S/C25H36N10O2/c1-6-22(36)34-15(2)10-32(11-16(34)3)14-33-12-20(27-13-33)17(4)28-23-29-18(5)30-24(31-23)35-21(19-7-8-19)9-26-25(35)37/h6,12-13,15-17,19,21H,1,7-11,14H2,2-5H3,(H,26,37)(H,28,29,30,31)/t15-,16+,17-,21?/m0/s1. The van der Waals surface area contributed by atoms with Crippen molar-refractivity contribution in [2.75, 3.05) is 29.9 Å². The molecule has 1 unspecified atom stereocenters. The van der Waals surface area contributed by atoms with Gasteiger partial charge in [-0.05, 0) is 52.5 Å². The smallest absolute Gasteiger partial charge is 0.324 e. The van der Waals surface area contributed by atoms with Crippen molar-refractivity contribution in [2.24, 2.45) is 5.92 Å². The van der Waals surface area contributed by atoms with Crippen molar-refractivity contribution in [1.82, 2.24) is 39.6 Å². The number of carbonyl (C=O) groups excluding carboxylic acids is 2. The van der Waals surface area contributed by atoms with E-state index >= 15 is 0 Å². The third kappa shape index (κ3) is 5.29. The van der Waals surface area contributed by atoms with Crippen molar-refractivity contribution in [2.45, 2.75) is 71.4 Å². The maximum Gasteiger partial charge on any atom is 0.324 e. The second-order valence-electron chi connectivity index (χ2n) is 10.5. The lowest BCUT2D eigenvalue weighted by Crippen LogP contribution is -2.58. The number of carbonyl (C=O) groups is 2. The van der Waals surface area contributed by atoms with Crippen LogP contribution < -0.4 is 15.5 Å². The van der Waals surface area contributed by atoms with E-state index in [0.717, 1.165) is 31.6 Å². The van der Waals surface area contributed by atoms with Crippen LogP contribution in [0.2, 0.25) is 0 Å². The van der Waals surface area contributed by atoms with Crippen LogP contribution in [0.15, 0.2) is 25.2 Å². The van der Waals surface area contributed by atoms with Gasteiger partial charge in [-0.15, -0.1) is 0 Å². The first kappa shape index (κ1) is 25.1. The SMILES string of the molecule is C=CC(=O)N1[C@H](C)CN(Cn2cnc([C@H](C)Nc3nc(C)nc(N4C(=O)NCC4C4CC4)n3)c2)C[C@@H]1C. The summed E-state index contributed by atoms with van der Waals surface area (Å²) in [5, 5.41) is 6.25. The van der Waals surface area contributed by atoms with Gasteiger partial charge >= 0.3 is 6.03 Å². The summed E-state index contributed by atoms with van der Waals surface area (Å²) in [5.41, 5.74) is 0.857. The summed E-state index contributed by atoms with van der Waals surface area (Å²) in [4.78, 5) is 48.7. The van der Waals surface area contributed by atoms with Crippen LogP contribution in [0.4, 0.5) is 16.7 Å². The summed E-state index contributed by atoms with van der Waals surface area (Å²) in [6, 6.07) is 0.00564. The number of hydrogen-bond acceptors (Lipinski definition) is 8. The summed E-state index contributed by atoms with van der Waals surface area (Å²) in [6.45, 7) is 14.5. The molecule has 3 aliphatic rings. The van der Waals surface area contributed by atoms with E-state index in [0.29, 0.717) is 36.9 Å². The molecule has 198 valence electrons. The van der Waals surface area contributed by atoms with Gasteiger partial charge in [0.1, 0.15) is 5.82 Å². The van der Waals surface area contributed by atoms with Crippen LogP contribution >= 0.6 is 0 Å². The van der Waals surface area contributed by atoms with Gasteiger partial charge in [0.2, 0.25) is 17.8 Å². The van der Waals surface area contributed by atoms with Crippen molar-refractivity contribution in [3.05, 3.63) is 36.7 Å². The quantitative estimate of drug-likeness (QED) is 0.519.